The van der Waals surface area contributed by atoms with Crippen LogP contribution in [0.15, 0.2) is 22.7 Å². The Morgan fingerprint density at radius 3 is 2.74 bits per heavy atom. The Balaban J connectivity index is 2.66. The van der Waals surface area contributed by atoms with E-state index < -0.39 is 11.7 Å². The summed E-state index contributed by atoms with van der Waals surface area (Å²) in [5.41, 5.74) is 0.0627. The number of hydrogen-bond donors (Lipinski definition) is 3. The molecule has 1 aromatic heterocycles. The molecule has 1 heterocycles. The number of aliphatic hydroxyl groups is 2. The smallest absolute Gasteiger partial charge is 0.286 e. The van der Waals surface area contributed by atoms with Gasteiger partial charge in [-0.15, -0.1) is 0 Å². The number of benzene rings is 1. The molecule has 0 fully saturated rings. The molecule has 2 rings (SSSR count). The topological polar surface area (TPSA) is 83.2 Å². The third kappa shape index (κ3) is 2.52. The van der Waals surface area contributed by atoms with Crippen molar-refractivity contribution in [2.75, 3.05) is 7.05 Å². The molecular formula is C11H12BrFN4O2. The van der Waals surface area contributed by atoms with E-state index in [1.54, 1.807) is 13.0 Å². The van der Waals surface area contributed by atoms with Crippen LogP contribution in [0.25, 0.3) is 5.69 Å². The van der Waals surface area contributed by atoms with E-state index in [1.165, 1.54) is 19.2 Å². The van der Waals surface area contributed by atoms with Crippen molar-refractivity contribution in [1.29, 1.82) is 0 Å². The molecule has 0 aliphatic heterocycles. The Morgan fingerprint density at radius 1 is 1.42 bits per heavy atom. The van der Waals surface area contributed by atoms with Crippen LogP contribution >= 0.6 is 15.9 Å². The number of aryl methyl sites for hydroxylation is 1. The highest BCUT2D eigenvalue weighted by Crippen LogP contribution is 2.24. The number of halogens is 2. The summed E-state index contributed by atoms with van der Waals surface area (Å²) in [6, 6.07) is 4.61. The fraction of sp³-hybridized carbons (Fsp3) is 0.273. The summed E-state index contributed by atoms with van der Waals surface area (Å²) in [6.45, 7) is 1.57. The van der Waals surface area contributed by atoms with Crippen LogP contribution in [0.2, 0.25) is 0 Å². The Kier molecular flexibility index (Phi) is 3.68. The van der Waals surface area contributed by atoms with E-state index in [0.717, 1.165) is 4.68 Å². The van der Waals surface area contributed by atoms with Crippen LogP contribution in [0.3, 0.4) is 0 Å². The highest BCUT2D eigenvalue weighted by molar-refractivity contribution is 9.10. The first-order valence-corrected chi connectivity index (χ1v) is 6.18. The molecule has 0 radical (unpaired) electrons. The Hall–Kier alpha value is -1.35. The summed E-state index contributed by atoms with van der Waals surface area (Å²) >= 11 is 3.07. The molecule has 0 saturated heterocycles. The van der Waals surface area contributed by atoms with Gasteiger partial charge in [0.15, 0.2) is 5.82 Å². The standard InChI is InChI=1S/C11H12BrFN4O2/c1-6-15-10(11(18,19)14-2)17(16-6)8-5-3-4-7(12)9(8)13/h3-5,14,18-19H,1-2H3. The minimum atomic E-state index is -2.41. The van der Waals surface area contributed by atoms with Gasteiger partial charge in [-0.1, -0.05) is 6.07 Å². The molecule has 3 N–H and O–H groups in total. The SMILES string of the molecule is CNC(O)(O)c1nc(C)nn1-c1cccc(Br)c1F. The van der Waals surface area contributed by atoms with Gasteiger partial charge in [0.25, 0.3) is 5.91 Å². The van der Waals surface area contributed by atoms with Crippen molar-refractivity contribution >= 4 is 15.9 Å². The molecule has 0 saturated carbocycles. The van der Waals surface area contributed by atoms with Gasteiger partial charge in [-0.25, -0.2) is 14.1 Å². The van der Waals surface area contributed by atoms with Gasteiger partial charge in [0, 0.05) is 0 Å². The lowest BCUT2D eigenvalue weighted by atomic mass is 10.3. The summed E-state index contributed by atoms with van der Waals surface area (Å²) in [4.78, 5) is 3.91. The van der Waals surface area contributed by atoms with Gasteiger partial charge in [0.1, 0.15) is 11.5 Å². The maximum atomic E-state index is 14.0. The van der Waals surface area contributed by atoms with Gasteiger partial charge in [-0.05, 0) is 42.0 Å². The lowest BCUT2D eigenvalue weighted by molar-refractivity contribution is -0.197. The van der Waals surface area contributed by atoms with E-state index in [2.05, 4.69) is 31.3 Å². The second kappa shape index (κ2) is 4.97. The van der Waals surface area contributed by atoms with Gasteiger partial charge in [0.2, 0.25) is 5.82 Å². The van der Waals surface area contributed by atoms with Crippen molar-refractivity contribution in [3.63, 3.8) is 0 Å². The Bertz CT molecular complexity index is 615. The third-order valence-corrected chi connectivity index (χ3v) is 3.15. The second-order valence-electron chi connectivity index (χ2n) is 3.89. The molecule has 6 nitrogen and oxygen atoms in total. The first-order valence-electron chi connectivity index (χ1n) is 5.39. The number of nitrogens with one attached hydrogen (secondary N) is 1. The number of aromatic nitrogens is 3. The zero-order valence-electron chi connectivity index (χ0n) is 10.2. The molecule has 19 heavy (non-hydrogen) atoms. The molecule has 0 bridgehead atoms. The molecule has 0 atom stereocenters. The van der Waals surface area contributed by atoms with Crippen LogP contribution in [0.5, 0.6) is 0 Å². The summed E-state index contributed by atoms with van der Waals surface area (Å²) in [5.74, 6) is -2.90. The summed E-state index contributed by atoms with van der Waals surface area (Å²) in [5, 5.41) is 25.8. The second-order valence-corrected chi connectivity index (χ2v) is 4.74. The summed E-state index contributed by atoms with van der Waals surface area (Å²) in [7, 11) is 1.34. The maximum absolute atomic E-state index is 14.0. The van der Waals surface area contributed by atoms with E-state index in [0.29, 0.717) is 0 Å². The predicted molar refractivity (Wildman–Crippen MR) is 68.9 cm³/mol. The van der Waals surface area contributed by atoms with E-state index >= 15 is 0 Å². The number of nitrogens with zero attached hydrogens (tertiary/aromatic N) is 3. The predicted octanol–water partition coefficient (Wildman–Crippen LogP) is 0.792. The van der Waals surface area contributed by atoms with Crippen molar-refractivity contribution in [3.05, 3.63) is 40.1 Å². The molecule has 2 aromatic rings. The van der Waals surface area contributed by atoms with Crippen molar-refractivity contribution in [2.45, 2.75) is 12.8 Å². The molecule has 102 valence electrons. The van der Waals surface area contributed by atoms with Crippen molar-refractivity contribution in [3.8, 4) is 5.69 Å². The molecular weight excluding hydrogens is 319 g/mol. The molecule has 0 unspecified atom stereocenters. The van der Waals surface area contributed by atoms with Gasteiger partial charge >= 0.3 is 0 Å². The molecule has 0 amide bonds. The zero-order chi connectivity index (χ0) is 14.2. The quantitative estimate of drug-likeness (QED) is 0.725. The van der Waals surface area contributed by atoms with Gasteiger partial charge in [-0.3, -0.25) is 5.32 Å². The maximum Gasteiger partial charge on any atom is 0.286 e. The van der Waals surface area contributed by atoms with Crippen LogP contribution < -0.4 is 5.32 Å². The van der Waals surface area contributed by atoms with Crippen LogP contribution in [0.4, 0.5) is 4.39 Å². The monoisotopic (exact) mass is 330 g/mol. The van der Waals surface area contributed by atoms with Gasteiger partial charge in [-0.2, -0.15) is 5.10 Å². The molecule has 0 aliphatic carbocycles. The summed E-state index contributed by atoms with van der Waals surface area (Å²) < 4.78 is 15.3. The van der Waals surface area contributed by atoms with E-state index in [4.69, 9.17) is 0 Å². The van der Waals surface area contributed by atoms with Crippen LogP contribution in [-0.2, 0) is 5.91 Å². The number of hydrogen-bond acceptors (Lipinski definition) is 5. The van der Waals surface area contributed by atoms with Gasteiger partial charge < -0.3 is 10.2 Å². The van der Waals surface area contributed by atoms with E-state index in [-0.39, 0.29) is 21.8 Å². The minimum Gasteiger partial charge on any atom is -0.347 e. The van der Waals surface area contributed by atoms with Crippen LogP contribution in [-0.4, -0.2) is 32.0 Å². The molecule has 0 aliphatic rings. The highest BCUT2D eigenvalue weighted by Gasteiger charge is 2.32. The Morgan fingerprint density at radius 2 is 2.11 bits per heavy atom. The lowest BCUT2D eigenvalue weighted by Gasteiger charge is -2.20. The van der Waals surface area contributed by atoms with Crippen molar-refractivity contribution < 1.29 is 14.6 Å². The average molecular weight is 331 g/mol. The average Bonchev–Trinajstić information content (AvgIpc) is 2.75. The largest absolute Gasteiger partial charge is 0.347 e. The van der Waals surface area contributed by atoms with Crippen LogP contribution in [0, 0.1) is 12.7 Å². The first kappa shape index (κ1) is 14.1. The first-order chi connectivity index (χ1) is 8.86. The van der Waals surface area contributed by atoms with Gasteiger partial charge in [0.05, 0.1) is 4.47 Å². The highest BCUT2D eigenvalue weighted by atomic mass is 79.9. The zero-order valence-corrected chi connectivity index (χ0v) is 11.8. The van der Waals surface area contributed by atoms with Crippen molar-refractivity contribution in [1.82, 2.24) is 20.1 Å². The fourth-order valence-corrected chi connectivity index (χ4v) is 1.93. The number of rotatable bonds is 3. The summed E-state index contributed by atoms with van der Waals surface area (Å²) in [6.07, 6.45) is 0. The van der Waals surface area contributed by atoms with Crippen molar-refractivity contribution in [2.24, 2.45) is 0 Å². The molecule has 8 heteroatoms. The third-order valence-electron chi connectivity index (χ3n) is 2.53. The molecule has 1 aromatic carbocycles. The Labute approximate surface area is 117 Å². The minimum absolute atomic E-state index is 0.0627. The fourth-order valence-electron chi connectivity index (χ4n) is 1.58. The van der Waals surface area contributed by atoms with E-state index in [9.17, 15) is 14.6 Å². The lowest BCUT2D eigenvalue weighted by Crippen LogP contribution is -2.42. The van der Waals surface area contributed by atoms with E-state index in [1.807, 2.05) is 0 Å². The molecule has 0 spiro atoms. The normalized spacial score (nSPS) is 11.9. The van der Waals surface area contributed by atoms with Crippen LogP contribution in [0.1, 0.15) is 11.6 Å².